The SMILES string of the molecule is CC(CN1CCCC2CNCC21)C(N)=O. The topological polar surface area (TPSA) is 58.4 Å². The molecule has 0 saturated carbocycles. The summed E-state index contributed by atoms with van der Waals surface area (Å²) in [6.45, 7) is 6.11. The van der Waals surface area contributed by atoms with E-state index in [2.05, 4.69) is 10.2 Å². The third kappa shape index (κ3) is 2.32. The van der Waals surface area contributed by atoms with Crippen LogP contribution >= 0.6 is 0 Å². The van der Waals surface area contributed by atoms with Crippen molar-refractivity contribution in [2.24, 2.45) is 17.6 Å². The van der Waals surface area contributed by atoms with Gasteiger partial charge in [-0.15, -0.1) is 0 Å². The maximum atomic E-state index is 11.0. The van der Waals surface area contributed by atoms with E-state index in [1.807, 2.05) is 6.92 Å². The summed E-state index contributed by atoms with van der Waals surface area (Å²) < 4.78 is 0. The van der Waals surface area contributed by atoms with Crippen LogP contribution in [0.3, 0.4) is 0 Å². The van der Waals surface area contributed by atoms with Crippen LogP contribution in [0, 0.1) is 11.8 Å². The lowest BCUT2D eigenvalue weighted by Crippen LogP contribution is -2.48. The predicted octanol–water partition coefficient (Wildman–Crippen LogP) is -0.208. The minimum absolute atomic E-state index is 0.0238. The number of nitrogens with one attached hydrogen (secondary N) is 1. The second kappa shape index (κ2) is 4.49. The van der Waals surface area contributed by atoms with E-state index in [9.17, 15) is 4.79 Å². The van der Waals surface area contributed by atoms with Crippen molar-refractivity contribution in [3.63, 3.8) is 0 Å². The number of carbonyl (C=O) groups is 1. The second-order valence-electron chi connectivity index (χ2n) is 4.93. The fourth-order valence-corrected chi connectivity index (χ4v) is 2.83. The summed E-state index contributed by atoms with van der Waals surface area (Å²) >= 11 is 0. The Kier molecular flexibility index (Phi) is 3.26. The Hall–Kier alpha value is -0.610. The number of likely N-dealkylation sites (tertiary alicyclic amines) is 1. The molecule has 2 saturated heterocycles. The third-order valence-electron chi connectivity index (χ3n) is 3.79. The summed E-state index contributed by atoms with van der Waals surface area (Å²) in [7, 11) is 0. The number of amides is 1. The van der Waals surface area contributed by atoms with Crippen LogP contribution in [0.1, 0.15) is 19.8 Å². The maximum absolute atomic E-state index is 11.0. The molecular weight excluding hydrogens is 190 g/mol. The normalized spacial score (nSPS) is 33.7. The van der Waals surface area contributed by atoms with Crippen molar-refractivity contribution in [1.29, 1.82) is 0 Å². The number of hydrogen-bond donors (Lipinski definition) is 2. The van der Waals surface area contributed by atoms with Gasteiger partial charge in [0.15, 0.2) is 0 Å². The quantitative estimate of drug-likeness (QED) is 0.679. The molecule has 2 aliphatic rings. The Morgan fingerprint density at radius 1 is 1.60 bits per heavy atom. The van der Waals surface area contributed by atoms with Crippen LogP contribution < -0.4 is 11.1 Å². The molecule has 1 amide bonds. The monoisotopic (exact) mass is 211 g/mol. The highest BCUT2D eigenvalue weighted by Crippen LogP contribution is 2.26. The van der Waals surface area contributed by atoms with Gasteiger partial charge in [0.2, 0.25) is 5.91 Å². The smallest absolute Gasteiger partial charge is 0.221 e. The van der Waals surface area contributed by atoms with E-state index in [0.717, 1.165) is 32.1 Å². The van der Waals surface area contributed by atoms with Gasteiger partial charge in [-0.25, -0.2) is 0 Å². The molecule has 2 fully saturated rings. The summed E-state index contributed by atoms with van der Waals surface area (Å²) in [5.41, 5.74) is 5.31. The average molecular weight is 211 g/mol. The van der Waals surface area contributed by atoms with Crippen molar-refractivity contribution in [1.82, 2.24) is 10.2 Å². The van der Waals surface area contributed by atoms with Crippen LogP contribution in [-0.4, -0.2) is 43.0 Å². The van der Waals surface area contributed by atoms with Gasteiger partial charge in [0.05, 0.1) is 0 Å². The number of piperidine rings is 1. The number of hydrogen-bond acceptors (Lipinski definition) is 3. The zero-order valence-electron chi connectivity index (χ0n) is 9.41. The van der Waals surface area contributed by atoms with Crippen LogP contribution in [-0.2, 0) is 4.79 Å². The van der Waals surface area contributed by atoms with Crippen molar-refractivity contribution in [3.05, 3.63) is 0 Å². The molecule has 0 aliphatic carbocycles. The fraction of sp³-hybridized carbons (Fsp3) is 0.909. The second-order valence-corrected chi connectivity index (χ2v) is 4.93. The molecule has 2 aliphatic heterocycles. The van der Waals surface area contributed by atoms with E-state index in [1.165, 1.54) is 12.8 Å². The molecule has 3 unspecified atom stereocenters. The highest BCUT2D eigenvalue weighted by molar-refractivity contribution is 5.76. The summed E-state index contributed by atoms with van der Waals surface area (Å²) in [6.07, 6.45) is 2.59. The van der Waals surface area contributed by atoms with Gasteiger partial charge in [0, 0.05) is 25.0 Å². The van der Waals surface area contributed by atoms with Crippen LogP contribution in [0.25, 0.3) is 0 Å². The largest absolute Gasteiger partial charge is 0.369 e. The molecule has 86 valence electrons. The lowest BCUT2D eigenvalue weighted by Gasteiger charge is -2.38. The molecule has 0 radical (unpaired) electrons. The third-order valence-corrected chi connectivity index (χ3v) is 3.79. The first-order valence-electron chi connectivity index (χ1n) is 5.92. The summed E-state index contributed by atoms with van der Waals surface area (Å²) in [5, 5.41) is 3.44. The zero-order chi connectivity index (χ0) is 10.8. The first-order chi connectivity index (χ1) is 7.18. The van der Waals surface area contributed by atoms with Crippen molar-refractivity contribution in [3.8, 4) is 0 Å². The Bertz CT molecular complexity index is 244. The van der Waals surface area contributed by atoms with Crippen molar-refractivity contribution >= 4 is 5.91 Å². The van der Waals surface area contributed by atoms with Gasteiger partial charge in [-0.3, -0.25) is 9.69 Å². The van der Waals surface area contributed by atoms with Gasteiger partial charge in [-0.1, -0.05) is 6.92 Å². The van der Waals surface area contributed by atoms with Gasteiger partial charge in [-0.05, 0) is 31.8 Å². The van der Waals surface area contributed by atoms with Gasteiger partial charge in [0.25, 0.3) is 0 Å². The van der Waals surface area contributed by atoms with Crippen LogP contribution in [0.15, 0.2) is 0 Å². The average Bonchev–Trinajstić information content (AvgIpc) is 2.66. The highest BCUT2D eigenvalue weighted by atomic mass is 16.1. The Labute approximate surface area is 91.2 Å². The first-order valence-corrected chi connectivity index (χ1v) is 5.92. The number of carbonyl (C=O) groups excluding carboxylic acids is 1. The molecule has 0 aromatic heterocycles. The number of primary amides is 1. The van der Waals surface area contributed by atoms with Crippen molar-refractivity contribution in [2.45, 2.75) is 25.8 Å². The molecular formula is C11H21N3O. The number of nitrogens with zero attached hydrogens (tertiary/aromatic N) is 1. The molecule has 4 heteroatoms. The van der Waals surface area contributed by atoms with E-state index in [4.69, 9.17) is 5.73 Å². The minimum Gasteiger partial charge on any atom is -0.369 e. The summed E-state index contributed by atoms with van der Waals surface area (Å²) in [6, 6.07) is 0.639. The first kappa shape index (κ1) is 10.9. The van der Waals surface area contributed by atoms with Gasteiger partial charge >= 0.3 is 0 Å². The fourth-order valence-electron chi connectivity index (χ4n) is 2.83. The summed E-state index contributed by atoms with van der Waals surface area (Å²) in [5.74, 6) is 0.589. The van der Waals surface area contributed by atoms with Crippen LogP contribution in [0.5, 0.6) is 0 Å². The Balaban J connectivity index is 1.93. The van der Waals surface area contributed by atoms with E-state index in [-0.39, 0.29) is 11.8 Å². The molecule has 0 aromatic rings. The van der Waals surface area contributed by atoms with Crippen molar-refractivity contribution < 1.29 is 4.79 Å². The molecule has 4 nitrogen and oxygen atoms in total. The van der Waals surface area contributed by atoms with E-state index in [1.54, 1.807) is 0 Å². The zero-order valence-corrected chi connectivity index (χ0v) is 9.41. The van der Waals surface area contributed by atoms with E-state index < -0.39 is 0 Å². The molecule has 0 aromatic carbocycles. The standard InChI is InChI=1S/C11H21N3O/c1-8(11(12)15)7-14-4-2-3-9-5-13-6-10(9)14/h8-10,13H,2-7H2,1H3,(H2,12,15). The molecule has 2 rings (SSSR count). The Morgan fingerprint density at radius 2 is 2.40 bits per heavy atom. The van der Waals surface area contributed by atoms with E-state index in [0.29, 0.717) is 6.04 Å². The van der Waals surface area contributed by atoms with Gasteiger partial charge in [0.1, 0.15) is 0 Å². The molecule has 2 heterocycles. The molecule has 3 N–H and O–H groups in total. The summed E-state index contributed by atoms with van der Waals surface area (Å²) in [4.78, 5) is 13.5. The van der Waals surface area contributed by atoms with Crippen LogP contribution in [0.2, 0.25) is 0 Å². The van der Waals surface area contributed by atoms with Crippen molar-refractivity contribution in [2.75, 3.05) is 26.2 Å². The van der Waals surface area contributed by atoms with Crippen LogP contribution in [0.4, 0.5) is 0 Å². The van der Waals surface area contributed by atoms with Gasteiger partial charge < -0.3 is 11.1 Å². The minimum atomic E-state index is -0.178. The molecule has 3 atom stereocenters. The Morgan fingerprint density at radius 3 is 3.13 bits per heavy atom. The predicted molar refractivity (Wildman–Crippen MR) is 59.3 cm³/mol. The lowest BCUT2D eigenvalue weighted by molar-refractivity contribution is -0.122. The van der Waals surface area contributed by atoms with Gasteiger partial charge in [-0.2, -0.15) is 0 Å². The number of nitrogens with two attached hydrogens (primary N) is 1. The maximum Gasteiger partial charge on any atom is 0.221 e. The highest BCUT2D eigenvalue weighted by Gasteiger charge is 2.35. The number of rotatable bonds is 3. The molecule has 15 heavy (non-hydrogen) atoms. The van der Waals surface area contributed by atoms with E-state index >= 15 is 0 Å². The number of fused-ring (bicyclic) bond motifs is 1. The molecule has 0 bridgehead atoms. The lowest BCUT2D eigenvalue weighted by atomic mass is 9.91. The molecule has 0 spiro atoms.